The zero-order chi connectivity index (χ0) is 20.2. The van der Waals surface area contributed by atoms with E-state index in [1.54, 1.807) is 11.3 Å². The highest BCUT2D eigenvalue weighted by atomic mass is 32.2. The van der Waals surface area contributed by atoms with Gasteiger partial charge < -0.3 is 10.1 Å². The number of rotatable bonds is 7. The van der Waals surface area contributed by atoms with Crippen molar-refractivity contribution >= 4 is 34.7 Å². The van der Waals surface area contributed by atoms with Crippen LogP contribution in [0.3, 0.4) is 0 Å². The van der Waals surface area contributed by atoms with Gasteiger partial charge in [0.2, 0.25) is 5.91 Å². The SMILES string of the molecule is Cc1cccc(NC(=O)[C@H](C)Sc2nnc(-c3cccs3)n2C[C@H]2CCCO2)c1. The van der Waals surface area contributed by atoms with Crippen LogP contribution in [0, 0.1) is 6.92 Å². The normalized spacial score (nSPS) is 17.4. The first-order chi connectivity index (χ1) is 14.1. The van der Waals surface area contributed by atoms with Gasteiger partial charge in [-0.25, -0.2) is 0 Å². The molecule has 1 aliphatic rings. The van der Waals surface area contributed by atoms with Crippen LogP contribution in [0.2, 0.25) is 0 Å². The third kappa shape index (κ3) is 4.88. The predicted molar refractivity (Wildman–Crippen MR) is 117 cm³/mol. The second kappa shape index (κ2) is 9.11. The summed E-state index contributed by atoms with van der Waals surface area (Å²) in [7, 11) is 0. The third-order valence-electron chi connectivity index (χ3n) is 4.81. The fourth-order valence-electron chi connectivity index (χ4n) is 3.30. The van der Waals surface area contributed by atoms with Crippen LogP contribution in [-0.2, 0) is 16.1 Å². The number of ether oxygens (including phenoxy) is 1. The Morgan fingerprint density at radius 2 is 2.28 bits per heavy atom. The monoisotopic (exact) mass is 428 g/mol. The summed E-state index contributed by atoms with van der Waals surface area (Å²) >= 11 is 3.07. The van der Waals surface area contributed by atoms with E-state index < -0.39 is 0 Å². The van der Waals surface area contributed by atoms with Crippen LogP contribution in [-0.4, -0.2) is 38.6 Å². The van der Waals surface area contributed by atoms with Crippen LogP contribution in [0.5, 0.6) is 0 Å². The first-order valence-electron chi connectivity index (χ1n) is 9.73. The van der Waals surface area contributed by atoms with Crippen molar-refractivity contribution in [1.82, 2.24) is 14.8 Å². The molecule has 0 radical (unpaired) electrons. The maximum atomic E-state index is 12.7. The number of thioether (sulfide) groups is 1. The van der Waals surface area contributed by atoms with Gasteiger partial charge >= 0.3 is 0 Å². The zero-order valence-electron chi connectivity index (χ0n) is 16.5. The number of aryl methyl sites for hydroxylation is 1. The molecule has 1 aliphatic heterocycles. The summed E-state index contributed by atoms with van der Waals surface area (Å²) in [5.74, 6) is 0.786. The lowest BCUT2D eigenvalue weighted by atomic mass is 10.2. The van der Waals surface area contributed by atoms with E-state index in [1.807, 2.05) is 55.6 Å². The molecule has 6 nitrogen and oxygen atoms in total. The van der Waals surface area contributed by atoms with Gasteiger partial charge in [0.05, 0.1) is 22.8 Å². The molecule has 0 unspecified atom stereocenters. The summed E-state index contributed by atoms with van der Waals surface area (Å²) in [4.78, 5) is 13.8. The second-order valence-electron chi connectivity index (χ2n) is 7.15. The molecule has 0 bridgehead atoms. The molecular formula is C21H24N4O2S2. The first-order valence-corrected chi connectivity index (χ1v) is 11.5. The molecule has 1 amide bonds. The highest BCUT2D eigenvalue weighted by molar-refractivity contribution is 8.00. The Hall–Kier alpha value is -2.16. The summed E-state index contributed by atoms with van der Waals surface area (Å²) in [6.45, 7) is 5.41. The molecule has 0 aliphatic carbocycles. The van der Waals surface area contributed by atoms with E-state index in [0.29, 0.717) is 6.54 Å². The molecule has 0 spiro atoms. The highest BCUT2D eigenvalue weighted by Gasteiger charge is 2.25. The van der Waals surface area contributed by atoms with E-state index in [2.05, 4.69) is 20.1 Å². The minimum absolute atomic E-state index is 0.0510. The van der Waals surface area contributed by atoms with Gasteiger partial charge in [0.1, 0.15) is 0 Å². The Balaban J connectivity index is 1.51. The summed E-state index contributed by atoms with van der Waals surface area (Å²) < 4.78 is 7.93. The molecule has 1 aromatic carbocycles. The number of hydrogen-bond donors (Lipinski definition) is 1. The number of thiophene rings is 1. The van der Waals surface area contributed by atoms with Crippen molar-refractivity contribution in [3.8, 4) is 10.7 Å². The molecular weight excluding hydrogens is 404 g/mol. The van der Waals surface area contributed by atoms with Crippen LogP contribution >= 0.6 is 23.1 Å². The van der Waals surface area contributed by atoms with Crippen LogP contribution in [0.25, 0.3) is 10.7 Å². The molecule has 4 rings (SSSR count). The Bertz CT molecular complexity index is 965. The van der Waals surface area contributed by atoms with Crippen LogP contribution in [0.1, 0.15) is 25.3 Å². The minimum atomic E-state index is -0.306. The van der Waals surface area contributed by atoms with Crippen molar-refractivity contribution in [3.63, 3.8) is 0 Å². The molecule has 1 saturated heterocycles. The van der Waals surface area contributed by atoms with Crippen LogP contribution < -0.4 is 5.32 Å². The predicted octanol–water partition coefficient (Wildman–Crippen LogP) is 4.61. The number of carbonyl (C=O) groups is 1. The minimum Gasteiger partial charge on any atom is -0.376 e. The lowest BCUT2D eigenvalue weighted by Gasteiger charge is -2.16. The average Bonchev–Trinajstić information content (AvgIpc) is 3.45. The molecule has 3 heterocycles. The van der Waals surface area contributed by atoms with Gasteiger partial charge in [-0.2, -0.15) is 0 Å². The smallest absolute Gasteiger partial charge is 0.237 e. The Morgan fingerprint density at radius 1 is 1.38 bits per heavy atom. The van der Waals surface area contributed by atoms with E-state index in [4.69, 9.17) is 4.74 Å². The highest BCUT2D eigenvalue weighted by Crippen LogP contribution is 2.31. The largest absolute Gasteiger partial charge is 0.376 e. The standard InChI is InChI=1S/C21H24N4O2S2/c1-14-6-3-7-16(12-14)22-20(26)15(2)29-21-24-23-19(18-9-5-11-28-18)25(21)13-17-8-4-10-27-17/h3,5-7,9,11-12,15,17H,4,8,10,13H2,1-2H3,(H,22,26)/t15-,17+/m0/s1. The number of hydrogen-bond acceptors (Lipinski definition) is 6. The average molecular weight is 429 g/mol. The number of benzene rings is 1. The van der Waals surface area contributed by atoms with Gasteiger partial charge in [-0.1, -0.05) is 30.0 Å². The molecule has 152 valence electrons. The van der Waals surface area contributed by atoms with Crippen molar-refractivity contribution in [2.75, 3.05) is 11.9 Å². The number of aromatic nitrogens is 3. The molecule has 1 fully saturated rings. The lowest BCUT2D eigenvalue weighted by molar-refractivity contribution is -0.115. The fourth-order valence-corrected chi connectivity index (χ4v) is 4.87. The van der Waals surface area contributed by atoms with Gasteiger partial charge in [-0.05, 0) is 55.8 Å². The van der Waals surface area contributed by atoms with E-state index in [1.165, 1.54) is 11.8 Å². The number of carbonyl (C=O) groups excluding carboxylic acids is 1. The molecule has 2 atom stereocenters. The van der Waals surface area contributed by atoms with Gasteiger partial charge in [-0.15, -0.1) is 21.5 Å². The van der Waals surface area contributed by atoms with Crippen molar-refractivity contribution in [3.05, 3.63) is 47.3 Å². The lowest BCUT2D eigenvalue weighted by Crippen LogP contribution is -2.23. The van der Waals surface area contributed by atoms with Crippen molar-refractivity contribution < 1.29 is 9.53 Å². The van der Waals surface area contributed by atoms with Gasteiger partial charge in [0.15, 0.2) is 11.0 Å². The molecule has 2 aromatic heterocycles. The first kappa shape index (κ1) is 20.1. The molecule has 1 N–H and O–H groups in total. The second-order valence-corrected chi connectivity index (χ2v) is 9.40. The zero-order valence-corrected chi connectivity index (χ0v) is 18.1. The number of anilines is 1. The van der Waals surface area contributed by atoms with E-state index in [9.17, 15) is 4.79 Å². The van der Waals surface area contributed by atoms with Crippen molar-refractivity contribution in [1.29, 1.82) is 0 Å². The van der Waals surface area contributed by atoms with Gasteiger partial charge in [0.25, 0.3) is 0 Å². The summed E-state index contributed by atoms with van der Waals surface area (Å²) in [6, 6.07) is 11.9. The Labute approximate surface area is 178 Å². The number of nitrogens with zero attached hydrogens (tertiary/aromatic N) is 3. The van der Waals surface area contributed by atoms with Crippen LogP contribution in [0.4, 0.5) is 5.69 Å². The molecule has 29 heavy (non-hydrogen) atoms. The molecule has 0 saturated carbocycles. The number of nitrogens with one attached hydrogen (secondary N) is 1. The van der Waals surface area contributed by atoms with Crippen molar-refractivity contribution in [2.45, 2.75) is 49.7 Å². The fraction of sp³-hybridized carbons (Fsp3) is 0.381. The van der Waals surface area contributed by atoms with E-state index in [-0.39, 0.29) is 17.3 Å². The molecule has 8 heteroatoms. The van der Waals surface area contributed by atoms with E-state index in [0.717, 1.165) is 46.6 Å². The Kier molecular flexibility index (Phi) is 6.32. The third-order valence-corrected chi connectivity index (χ3v) is 6.75. The Morgan fingerprint density at radius 3 is 3.00 bits per heavy atom. The quantitative estimate of drug-likeness (QED) is 0.557. The summed E-state index contributed by atoms with van der Waals surface area (Å²) in [5.41, 5.74) is 1.92. The summed E-state index contributed by atoms with van der Waals surface area (Å²) in [6.07, 6.45) is 2.29. The van der Waals surface area contributed by atoms with Crippen molar-refractivity contribution in [2.24, 2.45) is 0 Å². The topological polar surface area (TPSA) is 69.0 Å². The van der Waals surface area contributed by atoms with Gasteiger partial charge in [0, 0.05) is 12.3 Å². The summed E-state index contributed by atoms with van der Waals surface area (Å²) in [5, 5.41) is 14.3. The van der Waals surface area contributed by atoms with Gasteiger partial charge in [-0.3, -0.25) is 9.36 Å². The number of amides is 1. The maximum Gasteiger partial charge on any atom is 0.237 e. The van der Waals surface area contributed by atoms with Crippen LogP contribution in [0.15, 0.2) is 46.9 Å². The molecule has 3 aromatic rings. The maximum absolute atomic E-state index is 12.7. The van der Waals surface area contributed by atoms with E-state index >= 15 is 0 Å².